The van der Waals surface area contributed by atoms with Crippen molar-refractivity contribution in [2.75, 3.05) is 6.54 Å². The fourth-order valence-electron chi connectivity index (χ4n) is 2.86. The van der Waals surface area contributed by atoms with E-state index in [9.17, 15) is 18.8 Å². The predicted molar refractivity (Wildman–Crippen MR) is 87.4 cm³/mol. The zero-order valence-electron chi connectivity index (χ0n) is 14.0. The van der Waals surface area contributed by atoms with Gasteiger partial charge in [-0.25, -0.2) is 4.39 Å². The van der Waals surface area contributed by atoms with Gasteiger partial charge < -0.3 is 4.90 Å². The summed E-state index contributed by atoms with van der Waals surface area (Å²) >= 11 is 0. The van der Waals surface area contributed by atoms with E-state index in [-0.39, 0.29) is 18.4 Å². The predicted octanol–water partition coefficient (Wildman–Crippen LogP) is 1.69. The molecule has 1 aromatic carbocycles. The average molecular weight is 343 g/mol. The number of ketones is 2. The fraction of sp³-hybridized carbons (Fsp3) is 0.333. The van der Waals surface area contributed by atoms with Crippen molar-refractivity contribution < 1.29 is 18.8 Å². The Hall–Kier alpha value is -2.83. The second kappa shape index (κ2) is 6.58. The summed E-state index contributed by atoms with van der Waals surface area (Å²) in [4.78, 5) is 38.0. The van der Waals surface area contributed by atoms with Crippen LogP contribution >= 0.6 is 0 Å². The molecule has 1 aliphatic rings. The minimum atomic E-state index is -0.974. The van der Waals surface area contributed by atoms with Gasteiger partial charge in [-0.15, -0.1) is 0 Å². The van der Waals surface area contributed by atoms with Gasteiger partial charge in [-0.05, 0) is 31.5 Å². The van der Waals surface area contributed by atoms with Gasteiger partial charge in [-0.2, -0.15) is 5.10 Å². The monoisotopic (exact) mass is 343 g/mol. The summed E-state index contributed by atoms with van der Waals surface area (Å²) in [6.07, 6.45) is 2.93. The van der Waals surface area contributed by atoms with Crippen LogP contribution in [0.5, 0.6) is 0 Å². The lowest BCUT2D eigenvalue weighted by atomic mass is 9.98. The van der Waals surface area contributed by atoms with E-state index in [2.05, 4.69) is 5.10 Å². The Morgan fingerprint density at radius 2 is 1.96 bits per heavy atom. The van der Waals surface area contributed by atoms with Crippen molar-refractivity contribution in [2.24, 2.45) is 5.92 Å². The molecule has 1 aliphatic heterocycles. The third-order valence-corrected chi connectivity index (χ3v) is 4.28. The van der Waals surface area contributed by atoms with Gasteiger partial charge in [0.15, 0.2) is 5.78 Å². The normalized spacial score (nSPS) is 17.6. The number of carbonyl (C=O) groups is 3. The summed E-state index contributed by atoms with van der Waals surface area (Å²) in [5.41, 5.74) is 1.13. The molecule has 0 aliphatic carbocycles. The number of rotatable bonds is 5. The molecule has 0 spiro atoms. The van der Waals surface area contributed by atoms with Gasteiger partial charge in [0, 0.05) is 18.8 Å². The minimum absolute atomic E-state index is 0.108. The van der Waals surface area contributed by atoms with Crippen molar-refractivity contribution in [3.63, 3.8) is 0 Å². The Morgan fingerprint density at radius 3 is 2.56 bits per heavy atom. The summed E-state index contributed by atoms with van der Waals surface area (Å²) in [5, 5.41) is 4.12. The molecule has 0 radical (unpaired) electrons. The van der Waals surface area contributed by atoms with Crippen LogP contribution in [0.15, 0.2) is 36.7 Å². The largest absolute Gasteiger partial charge is 0.332 e. The maximum atomic E-state index is 12.9. The van der Waals surface area contributed by atoms with Crippen molar-refractivity contribution >= 4 is 17.5 Å². The molecule has 130 valence electrons. The highest BCUT2D eigenvalue weighted by atomic mass is 19.1. The number of Topliss-reactive ketones (excluding diaryl/α,β-unsaturated/α-hetero) is 2. The number of halogens is 1. The Bertz CT molecular complexity index is 826. The number of benzene rings is 1. The highest BCUT2D eigenvalue weighted by molar-refractivity contribution is 6.43. The zero-order valence-corrected chi connectivity index (χ0v) is 14.0. The first kappa shape index (κ1) is 17.0. The van der Waals surface area contributed by atoms with E-state index < -0.39 is 23.4 Å². The standard InChI is InChI=1S/C18H18FN3O3/c1-11(2)22-10-15(17(24)18(22)25)16(23)13-7-20-21(9-13)8-12-3-5-14(19)6-4-12/h3-7,9,11,15H,8,10H2,1-2H3. The molecule has 2 aromatic rings. The molecule has 25 heavy (non-hydrogen) atoms. The Labute approximate surface area is 144 Å². The molecule has 0 saturated carbocycles. The number of hydrogen-bond donors (Lipinski definition) is 0. The molecule has 6 nitrogen and oxygen atoms in total. The number of amides is 1. The quantitative estimate of drug-likeness (QED) is 0.470. The maximum Gasteiger partial charge on any atom is 0.291 e. The lowest BCUT2D eigenvalue weighted by Gasteiger charge is -2.19. The molecule has 0 bridgehead atoms. The van der Waals surface area contributed by atoms with Gasteiger partial charge in [-0.3, -0.25) is 19.1 Å². The van der Waals surface area contributed by atoms with E-state index >= 15 is 0 Å². The molecule has 1 amide bonds. The summed E-state index contributed by atoms with van der Waals surface area (Å²) in [7, 11) is 0. The van der Waals surface area contributed by atoms with E-state index in [1.54, 1.807) is 36.9 Å². The van der Waals surface area contributed by atoms with Crippen LogP contribution in [-0.2, 0) is 16.1 Å². The van der Waals surface area contributed by atoms with Crippen molar-refractivity contribution in [1.82, 2.24) is 14.7 Å². The van der Waals surface area contributed by atoms with Crippen LogP contribution in [0.2, 0.25) is 0 Å². The Morgan fingerprint density at radius 1 is 1.28 bits per heavy atom. The summed E-state index contributed by atoms with van der Waals surface area (Å²) in [6.45, 7) is 4.10. The summed E-state index contributed by atoms with van der Waals surface area (Å²) in [6, 6.07) is 5.86. The fourth-order valence-corrected chi connectivity index (χ4v) is 2.86. The molecular weight excluding hydrogens is 325 g/mol. The third kappa shape index (κ3) is 3.35. The molecule has 1 saturated heterocycles. The number of likely N-dealkylation sites (tertiary alicyclic amines) is 1. The van der Waals surface area contributed by atoms with E-state index in [4.69, 9.17) is 0 Å². The van der Waals surface area contributed by atoms with Crippen LogP contribution < -0.4 is 0 Å². The molecule has 3 rings (SSSR count). The van der Waals surface area contributed by atoms with Crippen molar-refractivity contribution in [3.05, 3.63) is 53.6 Å². The molecule has 2 heterocycles. The summed E-state index contributed by atoms with van der Waals surface area (Å²) < 4.78 is 14.5. The Kier molecular flexibility index (Phi) is 4.48. The van der Waals surface area contributed by atoms with Crippen molar-refractivity contribution in [2.45, 2.75) is 26.4 Å². The molecule has 1 unspecified atom stereocenters. The smallest absolute Gasteiger partial charge is 0.291 e. The highest BCUT2D eigenvalue weighted by Gasteiger charge is 2.44. The molecule has 1 fully saturated rings. The van der Waals surface area contributed by atoms with Crippen LogP contribution in [-0.4, -0.2) is 44.7 Å². The number of nitrogens with zero attached hydrogens (tertiary/aromatic N) is 3. The van der Waals surface area contributed by atoms with Crippen LogP contribution in [0.4, 0.5) is 4.39 Å². The first-order valence-corrected chi connectivity index (χ1v) is 8.02. The Balaban J connectivity index is 1.73. The minimum Gasteiger partial charge on any atom is -0.332 e. The molecule has 1 atom stereocenters. The summed E-state index contributed by atoms with van der Waals surface area (Å²) in [5.74, 6) is -2.96. The van der Waals surface area contributed by atoms with Crippen LogP contribution in [0, 0.1) is 11.7 Å². The molecule has 0 N–H and O–H groups in total. The van der Waals surface area contributed by atoms with E-state index in [1.165, 1.54) is 23.2 Å². The van der Waals surface area contributed by atoms with Gasteiger partial charge >= 0.3 is 0 Å². The zero-order chi connectivity index (χ0) is 18.1. The van der Waals surface area contributed by atoms with Gasteiger partial charge in [0.1, 0.15) is 11.7 Å². The SMILES string of the molecule is CC(C)N1CC(C(=O)c2cnn(Cc3ccc(F)cc3)c2)C(=O)C1=O. The second-order valence-corrected chi connectivity index (χ2v) is 6.39. The third-order valence-electron chi connectivity index (χ3n) is 4.28. The first-order chi connectivity index (χ1) is 11.9. The van der Waals surface area contributed by atoms with E-state index in [0.29, 0.717) is 12.1 Å². The van der Waals surface area contributed by atoms with Crippen LogP contribution in [0.1, 0.15) is 29.8 Å². The van der Waals surface area contributed by atoms with Gasteiger partial charge in [-0.1, -0.05) is 12.1 Å². The number of hydrogen-bond acceptors (Lipinski definition) is 4. The van der Waals surface area contributed by atoms with E-state index in [1.807, 2.05) is 0 Å². The van der Waals surface area contributed by atoms with Gasteiger partial charge in [0.25, 0.3) is 5.91 Å². The van der Waals surface area contributed by atoms with Crippen molar-refractivity contribution in [1.29, 1.82) is 0 Å². The molecule has 7 heteroatoms. The van der Waals surface area contributed by atoms with Gasteiger partial charge in [0.2, 0.25) is 5.78 Å². The lowest BCUT2D eigenvalue weighted by molar-refractivity contribution is -0.141. The topological polar surface area (TPSA) is 72.3 Å². The molecule has 1 aromatic heterocycles. The second-order valence-electron chi connectivity index (χ2n) is 6.39. The van der Waals surface area contributed by atoms with Crippen LogP contribution in [0.3, 0.4) is 0 Å². The maximum absolute atomic E-state index is 12.9. The average Bonchev–Trinajstić information content (AvgIpc) is 3.15. The lowest BCUT2D eigenvalue weighted by Crippen LogP contribution is -2.33. The molecular formula is C18H18FN3O3. The highest BCUT2D eigenvalue weighted by Crippen LogP contribution is 2.21. The number of carbonyl (C=O) groups excluding carboxylic acids is 3. The van der Waals surface area contributed by atoms with Crippen LogP contribution in [0.25, 0.3) is 0 Å². The number of aromatic nitrogens is 2. The van der Waals surface area contributed by atoms with Crippen molar-refractivity contribution in [3.8, 4) is 0 Å². The van der Waals surface area contributed by atoms with Gasteiger partial charge in [0.05, 0.1) is 18.3 Å². The first-order valence-electron chi connectivity index (χ1n) is 8.02. The van der Waals surface area contributed by atoms with E-state index in [0.717, 1.165) is 5.56 Å².